The minimum atomic E-state index is -0.0758. The molecular weight excluding hydrogens is 309 g/mol. The van der Waals surface area contributed by atoms with Crippen molar-refractivity contribution in [1.82, 2.24) is 0 Å². The third kappa shape index (κ3) is 2.46. The zero-order valence-corrected chi connectivity index (χ0v) is 14.2. The molecule has 1 unspecified atom stereocenters. The van der Waals surface area contributed by atoms with Gasteiger partial charge in [0.15, 0.2) is 17.3 Å². The molecule has 0 bridgehead atoms. The summed E-state index contributed by atoms with van der Waals surface area (Å²) >= 11 is 0. The van der Waals surface area contributed by atoms with E-state index in [1.54, 1.807) is 34.5 Å². The smallest absolute Gasteiger partial charge is 0.203 e. The maximum Gasteiger partial charge on any atom is 0.203 e. The zero-order valence-electron chi connectivity index (χ0n) is 14.2. The van der Waals surface area contributed by atoms with Crippen molar-refractivity contribution in [1.29, 1.82) is 0 Å². The molecule has 0 saturated heterocycles. The van der Waals surface area contributed by atoms with E-state index in [9.17, 15) is 4.79 Å². The lowest BCUT2D eigenvalue weighted by molar-refractivity contribution is 0.0991. The number of ketones is 1. The molecule has 0 aliphatic heterocycles. The highest BCUT2D eigenvalue weighted by Gasteiger charge is 2.36. The van der Waals surface area contributed by atoms with Crippen molar-refractivity contribution >= 4 is 5.78 Å². The molecule has 3 rings (SSSR count). The summed E-state index contributed by atoms with van der Waals surface area (Å²) < 4.78 is 21.6. The fraction of sp³-hybridized carbons (Fsp3) is 0.316. The van der Waals surface area contributed by atoms with Gasteiger partial charge in [0, 0.05) is 23.5 Å². The summed E-state index contributed by atoms with van der Waals surface area (Å²) in [5.41, 5.74) is 2.52. The lowest BCUT2D eigenvalue weighted by atomic mass is 9.92. The minimum Gasteiger partial charge on any atom is -0.497 e. The average Bonchev–Trinajstić information content (AvgIpc) is 2.96. The van der Waals surface area contributed by atoms with E-state index in [0.717, 1.165) is 16.9 Å². The molecule has 2 aromatic carbocycles. The van der Waals surface area contributed by atoms with Crippen LogP contribution >= 0.6 is 0 Å². The number of Topliss-reactive ketones (excluding diaryl/α,β-unsaturated/α-hetero) is 1. The number of hydrogen-bond donors (Lipinski definition) is 0. The number of benzene rings is 2. The Morgan fingerprint density at radius 3 is 2.08 bits per heavy atom. The van der Waals surface area contributed by atoms with E-state index >= 15 is 0 Å². The average molecular weight is 329 g/mol. The van der Waals surface area contributed by atoms with E-state index in [-0.39, 0.29) is 11.7 Å². The maximum absolute atomic E-state index is 12.5. The van der Waals surface area contributed by atoms with Gasteiger partial charge in [0.2, 0.25) is 5.75 Å². The van der Waals surface area contributed by atoms with Crippen LogP contribution < -0.4 is 18.9 Å². The number of rotatable bonds is 5. The molecule has 24 heavy (non-hydrogen) atoms. The number of carbonyl (C=O) groups is 1. The van der Waals surface area contributed by atoms with Crippen molar-refractivity contribution < 1.29 is 23.7 Å². The molecule has 0 N–H and O–H groups in total. The molecule has 0 saturated carbocycles. The van der Waals surface area contributed by atoms with Crippen LogP contribution in [0.3, 0.4) is 0 Å². The van der Waals surface area contributed by atoms with Gasteiger partial charge >= 0.3 is 0 Å². The number of carbonyl (C=O) groups excluding carboxylic acids is 1. The molecule has 1 aliphatic rings. The molecular formula is C19H20O5. The first-order valence-corrected chi connectivity index (χ1v) is 7.64. The third-order valence-corrected chi connectivity index (χ3v) is 4.42. The normalized spacial score (nSPS) is 15.8. The largest absolute Gasteiger partial charge is 0.497 e. The first-order chi connectivity index (χ1) is 11.6. The first-order valence-electron chi connectivity index (χ1n) is 7.64. The summed E-state index contributed by atoms with van der Waals surface area (Å²) in [7, 11) is 6.31. The SMILES string of the molecule is COc1ccc(C2C[13C](=O)c3cc(OC)c(OC)c(OC)c32)cc1. The van der Waals surface area contributed by atoms with Gasteiger partial charge in [0.25, 0.3) is 0 Å². The van der Waals surface area contributed by atoms with E-state index in [2.05, 4.69) is 0 Å². The molecule has 0 radical (unpaired) electrons. The van der Waals surface area contributed by atoms with E-state index in [0.29, 0.717) is 29.2 Å². The van der Waals surface area contributed by atoms with Crippen LogP contribution in [0, 0.1) is 0 Å². The summed E-state index contributed by atoms with van der Waals surface area (Å²) in [6.45, 7) is 0. The van der Waals surface area contributed by atoms with Crippen LogP contribution in [0.5, 0.6) is 23.0 Å². The molecule has 0 spiro atoms. The van der Waals surface area contributed by atoms with Crippen LogP contribution in [0.1, 0.15) is 33.8 Å². The maximum atomic E-state index is 12.5. The number of methoxy groups -OCH3 is 4. The molecule has 0 heterocycles. The topological polar surface area (TPSA) is 54.0 Å². The van der Waals surface area contributed by atoms with Gasteiger partial charge in [-0.1, -0.05) is 12.1 Å². The predicted molar refractivity (Wildman–Crippen MR) is 89.9 cm³/mol. The summed E-state index contributed by atoms with van der Waals surface area (Å²) in [6, 6.07) is 9.47. The molecule has 1 aliphatic carbocycles. The Kier molecular flexibility index (Phi) is 4.34. The van der Waals surface area contributed by atoms with Crippen molar-refractivity contribution in [2.75, 3.05) is 28.4 Å². The van der Waals surface area contributed by atoms with Gasteiger partial charge in [-0.2, -0.15) is 0 Å². The van der Waals surface area contributed by atoms with Crippen molar-refractivity contribution in [3.8, 4) is 23.0 Å². The van der Waals surface area contributed by atoms with Crippen LogP contribution in [-0.4, -0.2) is 34.2 Å². The van der Waals surface area contributed by atoms with Crippen molar-refractivity contribution in [3.63, 3.8) is 0 Å². The van der Waals surface area contributed by atoms with Gasteiger partial charge in [-0.05, 0) is 23.8 Å². The Morgan fingerprint density at radius 2 is 1.54 bits per heavy atom. The highest BCUT2D eigenvalue weighted by atomic mass is 16.5. The van der Waals surface area contributed by atoms with E-state index in [1.807, 2.05) is 24.3 Å². The van der Waals surface area contributed by atoms with Gasteiger partial charge in [-0.15, -0.1) is 0 Å². The lowest BCUT2D eigenvalue weighted by Crippen LogP contribution is -2.03. The second kappa shape index (κ2) is 6.43. The summed E-state index contributed by atoms with van der Waals surface area (Å²) in [5, 5.41) is 0. The summed E-state index contributed by atoms with van der Waals surface area (Å²) in [4.78, 5) is 12.5. The number of hydrogen-bond acceptors (Lipinski definition) is 5. The van der Waals surface area contributed by atoms with Gasteiger partial charge in [0.1, 0.15) is 5.75 Å². The van der Waals surface area contributed by atoms with Crippen molar-refractivity contribution in [2.24, 2.45) is 0 Å². The molecule has 0 aromatic heterocycles. The third-order valence-electron chi connectivity index (χ3n) is 4.42. The Bertz CT molecular complexity index is 764. The van der Waals surface area contributed by atoms with Crippen LogP contribution in [0.4, 0.5) is 0 Å². The number of ether oxygens (including phenoxy) is 4. The lowest BCUT2D eigenvalue weighted by Gasteiger charge is -2.19. The Hall–Kier alpha value is -2.69. The standard InChI is InChI=1S/C19H20O5/c1-21-12-7-5-11(6-8-12)13-9-15(20)14-10-16(22-2)18(23-3)19(24-4)17(13)14/h5-8,10,13H,9H2,1-4H3/i15+1. The minimum absolute atomic E-state index is 0.0741. The molecule has 2 aromatic rings. The summed E-state index contributed by atoms with van der Waals surface area (Å²) in [5.74, 6) is 2.34. The Balaban J connectivity index is 2.17. The zero-order chi connectivity index (χ0) is 17.3. The van der Waals surface area contributed by atoms with Crippen LogP contribution in [0.2, 0.25) is 0 Å². The van der Waals surface area contributed by atoms with Gasteiger partial charge in [0.05, 0.1) is 28.4 Å². The highest BCUT2D eigenvalue weighted by Crippen LogP contribution is 2.51. The molecule has 5 nitrogen and oxygen atoms in total. The predicted octanol–water partition coefficient (Wildman–Crippen LogP) is 3.44. The molecule has 5 heteroatoms. The summed E-state index contributed by atoms with van der Waals surface area (Å²) in [6.07, 6.45) is 0.397. The van der Waals surface area contributed by atoms with Gasteiger partial charge < -0.3 is 18.9 Å². The Morgan fingerprint density at radius 1 is 0.875 bits per heavy atom. The molecule has 1 atom stereocenters. The van der Waals surface area contributed by atoms with Crippen molar-refractivity contribution in [3.05, 3.63) is 47.0 Å². The van der Waals surface area contributed by atoms with Crippen LogP contribution in [0.15, 0.2) is 30.3 Å². The molecule has 126 valence electrons. The first kappa shape index (κ1) is 16.2. The van der Waals surface area contributed by atoms with E-state index < -0.39 is 0 Å². The fourth-order valence-corrected chi connectivity index (χ4v) is 3.27. The van der Waals surface area contributed by atoms with E-state index in [1.165, 1.54) is 0 Å². The number of fused-ring (bicyclic) bond motifs is 1. The second-order valence-corrected chi connectivity index (χ2v) is 5.56. The second-order valence-electron chi connectivity index (χ2n) is 5.56. The van der Waals surface area contributed by atoms with E-state index in [4.69, 9.17) is 18.9 Å². The van der Waals surface area contributed by atoms with Gasteiger partial charge in [-0.25, -0.2) is 0 Å². The van der Waals surface area contributed by atoms with Crippen LogP contribution in [0.25, 0.3) is 0 Å². The fourth-order valence-electron chi connectivity index (χ4n) is 3.27. The van der Waals surface area contributed by atoms with Crippen LogP contribution in [-0.2, 0) is 0 Å². The Labute approximate surface area is 141 Å². The monoisotopic (exact) mass is 329 g/mol. The highest BCUT2D eigenvalue weighted by molar-refractivity contribution is 6.03. The quantitative estimate of drug-likeness (QED) is 0.787. The van der Waals surface area contributed by atoms with Crippen molar-refractivity contribution in [2.45, 2.75) is 12.3 Å². The molecule has 0 amide bonds. The molecule has 0 fully saturated rings. The van der Waals surface area contributed by atoms with Gasteiger partial charge in [-0.3, -0.25) is 4.79 Å².